The molecule has 25 heavy (non-hydrogen) atoms. The first-order valence-corrected chi connectivity index (χ1v) is 8.96. The van der Waals surface area contributed by atoms with Crippen molar-refractivity contribution in [2.45, 2.75) is 27.7 Å². The second-order valence-electron chi connectivity index (χ2n) is 6.46. The summed E-state index contributed by atoms with van der Waals surface area (Å²) in [5.41, 5.74) is 2.28. The predicted octanol–water partition coefficient (Wildman–Crippen LogP) is 4.08. The average Bonchev–Trinajstić information content (AvgIpc) is 2.90. The summed E-state index contributed by atoms with van der Waals surface area (Å²) in [5.74, 6) is 0.373. The molecule has 0 saturated carbocycles. The van der Waals surface area contributed by atoms with Crippen molar-refractivity contribution in [3.63, 3.8) is 0 Å². The van der Waals surface area contributed by atoms with Crippen LogP contribution in [0, 0.1) is 19.8 Å². The van der Waals surface area contributed by atoms with Crippen molar-refractivity contribution in [2.75, 3.05) is 6.61 Å². The third-order valence-electron chi connectivity index (χ3n) is 3.93. The summed E-state index contributed by atoms with van der Waals surface area (Å²) in [6.07, 6.45) is 0. The van der Waals surface area contributed by atoms with Gasteiger partial charge in [0.25, 0.3) is 5.56 Å². The van der Waals surface area contributed by atoms with E-state index < -0.39 is 5.97 Å². The van der Waals surface area contributed by atoms with Gasteiger partial charge >= 0.3 is 5.97 Å². The molecule has 0 aliphatic rings. The lowest BCUT2D eigenvalue weighted by molar-refractivity contribution is 0.0464. The lowest BCUT2D eigenvalue weighted by atomic mass is 10.1. The number of carbonyl (C=O) groups is 1. The molecule has 3 aromatic rings. The molecule has 1 aromatic carbocycles. The highest BCUT2D eigenvalue weighted by atomic mass is 32.1. The number of fused-ring (bicyclic) bond motifs is 1. The summed E-state index contributed by atoms with van der Waals surface area (Å²) in [4.78, 5) is 33.3. The molecule has 0 atom stereocenters. The minimum absolute atomic E-state index is 0.236. The van der Waals surface area contributed by atoms with Crippen LogP contribution >= 0.6 is 11.3 Å². The third-order valence-corrected chi connectivity index (χ3v) is 5.10. The lowest BCUT2D eigenvalue weighted by Crippen LogP contribution is -2.11. The third kappa shape index (κ3) is 3.35. The van der Waals surface area contributed by atoms with E-state index in [4.69, 9.17) is 4.74 Å². The Labute approximate surface area is 149 Å². The summed E-state index contributed by atoms with van der Waals surface area (Å²) < 4.78 is 5.31. The van der Waals surface area contributed by atoms with Crippen LogP contribution in [-0.4, -0.2) is 22.5 Å². The molecule has 0 bridgehead atoms. The molecule has 2 heterocycles. The van der Waals surface area contributed by atoms with E-state index in [9.17, 15) is 9.59 Å². The largest absolute Gasteiger partial charge is 0.461 e. The first kappa shape index (κ1) is 17.4. The number of H-pyrrole nitrogens is 1. The highest BCUT2D eigenvalue weighted by molar-refractivity contribution is 7.20. The number of rotatable bonds is 4. The van der Waals surface area contributed by atoms with Crippen LogP contribution in [0.1, 0.15) is 34.6 Å². The number of hydrogen-bond acceptors (Lipinski definition) is 5. The van der Waals surface area contributed by atoms with Gasteiger partial charge in [0.05, 0.1) is 12.0 Å². The van der Waals surface area contributed by atoms with E-state index in [1.165, 1.54) is 11.3 Å². The van der Waals surface area contributed by atoms with Gasteiger partial charge in [-0.1, -0.05) is 38.1 Å². The molecule has 3 rings (SSSR count). The van der Waals surface area contributed by atoms with E-state index in [-0.39, 0.29) is 11.5 Å². The minimum Gasteiger partial charge on any atom is -0.461 e. The van der Waals surface area contributed by atoms with Crippen molar-refractivity contribution < 1.29 is 9.53 Å². The van der Waals surface area contributed by atoms with E-state index in [1.54, 1.807) is 6.92 Å². The van der Waals surface area contributed by atoms with Gasteiger partial charge in [0.1, 0.15) is 15.5 Å². The molecule has 0 aliphatic carbocycles. The lowest BCUT2D eigenvalue weighted by Gasteiger charge is -2.05. The molecule has 130 valence electrons. The van der Waals surface area contributed by atoms with Crippen LogP contribution in [-0.2, 0) is 4.74 Å². The number of thiophene rings is 1. The fraction of sp³-hybridized carbons (Fsp3) is 0.316. The molecule has 2 aromatic heterocycles. The van der Waals surface area contributed by atoms with E-state index >= 15 is 0 Å². The highest BCUT2D eigenvalue weighted by Gasteiger charge is 2.21. The molecular weight excluding hydrogens is 336 g/mol. The van der Waals surface area contributed by atoms with Gasteiger partial charge in [-0.05, 0) is 30.9 Å². The first-order valence-electron chi connectivity index (χ1n) is 8.15. The SMILES string of the molecule is Cc1ccccc1-c1nc2sc(C(=O)OCC(C)C)c(C)c2c(=O)[nH]1. The van der Waals surface area contributed by atoms with Crippen molar-refractivity contribution in [2.24, 2.45) is 5.92 Å². The summed E-state index contributed by atoms with van der Waals surface area (Å²) in [6.45, 7) is 8.03. The van der Waals surface area contributed by atoms with Crippen LogP contribution in [0.25, 0.3) is 21.6 Å². The monoisotopic (exact) mass is 356 g/mol. The smallest absolute Gasteiger partial charge is 0.348 e. The second kappa shape index (κ2) is 6.80. The molecular formula is C19H20N2O3S. The number of aromatic amines is 1. The standard InChI is InChI=1S/C19H20N2O3S/c1-10(2)9-24-19(23)15-12(4)14-17(22)20-16(21-18(14)25-15)13-8-6-5-7-11(13)3/h5-8,10H,9H2,1-4H3,(H,20,21,22). The Morgan fingerprint density at radius 3 is 2.68 bits per heavy atom. The molecule has 0 aliphatic heterocycles. The first-order chi connectivity index (χ1) is 11.9. The molecule has 0 radical (unpaired) electrons. The highest BCUT2D eigenvalue weighted by Crippen LogP contribution is 2.29. The quantitative estimate of drug-likeness (QED) is 0.715. The molecule has 0 amide bonds. The van der Waals surface area contributed by atoms with Gasteiger partial charge in [0.2, 0.25) is 0 Å². The van der Waals surface area contributed by atoms with Gasteiger partial charge in [0.15, 0.2) is 0 Å². The van der Waals surface area contributed by atoms with Gasteiger partial charge in [-0.25, -0.2) is 9.78 Å². The Bertz CT molecular complexity index is 1000. The van der Waals surface area contributed by atoms with E-state index in [0.29, 0.717) is 33.1 Å². The van der Waals surface area contributed by atoms with Gasteiger partial charge in [-0.15, -0.1) is 11.3 Å². The molecule has 1 N–H and O–H groups in total. The van der Waals surface area contributed by atoms with E-state index in [1.807, 2.05) is 45.0 Å². The normalized spacial score (nSPS) is 11.2. The molecule has 6 heteroatoms. The Kier molecular flexibility index (Phi) is 4.72. The van der Waals surface area contributed by atoms with Gasteiger partial charge < -0.3 is 9.72 Å². The Morgan fingerprint density at radius 2 is 2.00 bits per heavy atom. The summed E-state index contributed by atoms with van der Waals surface area (Å²) in [6, 6.07) is 7.72. The average molecular weight is 356 g/mol. The number of aromatic nitrogens is 2. The predicted molar refractivity (Wildman–Crippen MR) is 100 cm³/mol. The van der Waals surface area contributed by atoms with Gasteiger partial charge in [0, 0.05) is 5.56 Å². The summed E-state index contributed by atoms with van der Waals surface area (Å²) in [7, 11) is 0. The summed E-state index contributed by atoms with van der Waals surface area (Å²) in [5, 5.41) is 0.457. The maximum Gasteiger partial charge on any atom is 0.348 e. The van der Waals surface area contributed by atoms with Crippen LogP contribution < -0.4 is 5.56 Å². The number of ether oxygens (including phenoxy) is 1. The Morgan fingerprint density at radius 1 is 1.28 bits per heavy atom. The maximum absolute atomic E-state index is 12.6. The van der Waals surface area contributed by atoms with Crippen molar-refractivity contribution in [3.8, 4) is 11.4 Å². The fourth-order valence-corrected chi connectivity index (χ4v) is 3.69. The number of benzene rings is 1. The minimum atomic E-state index is -0.397. The number of esters is 1. The number of carbonyl (C=O) groups excluding carboxylic acids is 1. The maximum atomic E-state index is 12.6. The van der Waals surface area contributed by atoms with Crippen molar-refractivity contribution >= 4 is 27.5 Å². The zero-order chi connectivity index (χ0) is 18.1. The van der Waals surface area contributed by atoms with Crippen LogP contribution in [0.2, 0.25) is 0 Å². The van der Waals surface area contributed by atoms with Gasteiger partial charge in [-0.3, -0.25) is 4.79 Å². The van der Waals surface area contributed by atoms with Gasteiger partial charge in [-0.2, -0.15) is 0 Å². The van der Waals surface area contributed by atoms with Crippen LogP contribution in [0.4, 0.5) is 0 Å². The fourth-order valence-electron chi connectivity index (χ4n) is 2.61. The number of nitrogens with zero attached hydrogens (tertiary/aromatic N) is 1. The molecule has 0 unspecified atom stereocenters. The summed E-state index contributed by atoms with van der Waals surface area (Å²) >= 11 is 1.21. The molecule has 0 saturated heterocycles. The Balaban J connectivity index is 2.09. The molecule has 0 spiro atoms. The Hall–Kier alpha value is -2.47. The van der Waals surface area contributed by atoms with E-state index in [2.05, 4.69) is 9.97 Å². The molecule has 0 fully saturated rings. The topological polar surface area (TPSA) is 72.0 Å². The van der Waals surface area contributed by atoms with Crippen molar-refractivity contribution in [1.29, 1.82) is 0 Å². The van der Waals surface area contributed by atoms with Crippen LogP contribution in [0.5, 0.6) is 0 Å². The number of nitrogens with one attached hydrogen (secondary N) is 1. The number of hydrogen-bond donors (Lipinski definition) is 1. The zero-order valence-electron chi connectivity index (χ0n) is 14.7. The van der Waals surface area contributed by atoms with Crippen molar-refractivity contribution in [1.82, 2.24) is 9.97 Å². The zero-order valence-corrected chi connectivity index (χ0v) is 15.5. The van der Waals surface area contributed by atoms with E-state index in [0.717, 1.165) is 11.1 Å². The number of aryl methyl sites for hydroxylation is 2. The van der Waals surface area contributed by atoms with Crippen molar-refractivity contribution in [3.05, 3.63) is 50.6 Å². The van der Waals surface area contributed by atoms with Crippen LogP contribution in [0.3, 0.4) is 0 Å². The van der Waals surface area contributed by atoms with Crippen LogP contribution in [0.15, 0.2) is 29.1 Å². The molecule has 5 nitrogen and oxygen atoms in total. The second-order valence-corrected chi connectivity index (χ2v) is 7.46.